The van der Waals surface area contributed by atoms with E-state index in [9.17, 15) is 5.11 Å². The Labute approximate surface area is 122 Å². The number of benzene rings is 2. The number of rotatable bonds is 5. The number of fused-ring (bicyclic) bond motifs is 1. The zero-order chi connectivity index (χ0) is 14.7. The molecule has 21 heavy (non-hydrogen) atoms. The van der Waals surface area contributed by atoms with Gasteiger partial charge in [-0.05, 0) is 36.8 Å². The van der Waals surface area contributed by atoms with Crippen molar-refractivity contribution >= 4 is 16.6 Å². The molecule has 0 radical (unpaired) electrons. The summed E-state index contributed by atoms with van der Waals surface area (Å²) >= 11 is 0. The molecule has 0 aliphatic carbocycles. The van der Waals surface area contributed by atoms with E-state index in [-0.39, 0.29) is 5.75 Å². The lowest BCUT2D eigenvalue weighted by molar-refractivity contribution is 0.318. The molecule has 1 aromatic heterocycles. The fraction of sp³-hybridized carbons (Fsp3) is 0.188. The molecule has 0 aliphatic heterocycles. The van der Waals surface area contributed by atoms with E-state index in [2.05, 4.69) is 15.5 Å². The second-order valence-electron chi connectivity index (χ2n) is 4.73. The number of anilines is 1. The number of aromatic hydroxyl groups is 1. The second-order valence-corrected chi connectivity index (χ2v) is 4.73. The van der Waals surface area contributed by atoms with Crippen LogP contribution in [0.2, 0.25) is 0 Å². The van der Waals surface area contributed by atoms with Gasteiger partial charge in [0.15, 0.2) is 11.5 Å². The van der Waals surface area contributed by atoms with Gasteiger partial charge in [-0.2, -0.15) is 5.10 Å². The van der Waals surface area contributed by atoms with Crippen LogP contribution in [0.1, 0.15) is 12.5 Å². The number of phenolic OH excluding ortho intramolecular Hbond substituents is 1. The summed E-state index contributed by atoms with van der Waals surface area (Å²) in [5, 5.41) is 21.1. The third-order valence-electron chi connectivity index (χ3n) is 3.29. The van der Waals surface area contributed by atoms with Crippen LogP contribution in [0.4, 0.5) is 5.69 Å². The van der Waals surface area contributed by atoms with Crippen molar-refractivity contribution in [3.05, 3.63) is 48.2 Å². The normalized spacial score (nSPS) is 10.7. The van der Waals surface area contributed by atoms with Crippen LogP contribution in [-0.2, 0) is 6.54 Å². The summed E-state index contributed by atoms with van der Waals surface area (Å²) in [5.41, 5.74) is 3.06. The van der Waals surface area contributed by atoms with Crippen LogP contribution in [0.25, 0.3) is 10.9 Å². The molecule has 1 heterocycles. The number of aromatic nitrogens is 2. The Hall–Kier alpha value is -2.69. The second kappa shape index (κ2) is 5.75. The molecule has 2 aromatic carbocycles. The van der Waals surface area contributed by atoms with Crippen molar-refractivity contribution in [3.63, 3.8) is 0 Å². The van der Waals surface area contributed by atoms with E-state index in [0.29, 0.717) is 18.9 Å². The Balaban J connectivity index is 1.78. The number of hydrogen-bond acceptors (Lipinski definition) is 4. The predicted molar refractivity (Wildman–Crippen MR) is 82.7 cm³/mol. The van der Waals surface area contributed by atoms with Crippen LogP contribution in [-0.4, -0.2) is 21.9 Å². The average Bonchev–Trinajstić information content (AvgIpc) is 2.97. The smallest absolute Gasteiger partial charge is 0.161 e. The Morgan fingerprint density at radius 1 is 1.29 bits per heavy atom. The van der Waals surface area contributed by atoms with Crippen LogP contribution in [0.3, 0.4) is 0 Å². The molecule has 5 heteroatoms. The summed E-state index contributed by atoms with van der Waals surface area (Å²) in [6.45, 7) is 3.06. The molecule has 0 unspecified atom stereocenters. The Bertz CT molecular complexity index is 752. The molecular weight excluding hydrogens is 266 g/mol. The van der Waals surface area contributed by atoms with Crippen molar-refractivity contribution < 1.29 is 9.84 Å². The zero-order valence-corrected chi connectivity index (χ0v) is 11.8. The zero-order valence-electron chi connectivity index (χ0n) is 11.8. The van der Waals surface area contributed by atoms with Gasteiger partial charge in [-0.15, -0.1) is 0 Å². The monoisotopic (exact) mass is 283 g/mol. The Kier molecular flexibility index (Phi) is 3.64. The minimum atomic E-state index is 0.164. The number of phenols is 1. The molecule has 3 N–H and O–H groups in total. The third-order valence-corrected chi connectivity index (χ3v) is 3.29. The van der Waals surface area contributed by atoms with Crippen molar-refractivity contribution in [1.82, 2.24) is 10.2 Å². The Morgan fingerprint density at radius 3 is 3.05 bits per heavy atom. The van der Waals surface area contributed by atoms with E-state index in [1.165, 1.54) is 0 Å². The van der Waals surface area contributed by atoms with Crippen molar-refractivity contribution in [3.8, 4) is 11.5 Å². The van der Waals surface area contributed by atoms with E-state index in [1.54, 1.807) is 12.3 Å². The van der Waals surface area contributed by atoms with Gasteiger partial charge in [0.2, 0.25) is 0 Å². The molecule has 0 atom stereocenters. The van der Waals surface area contributed by atoms with Gasteiger partial charge >= 0.3 is 0 Å². The molecule has 3 rings (SSSR count). The SMILES string of the molecule is CCOc1cc(CNc2cccc3[nH]ncc23)ccc1O. The number of nitrogens with zero attached hydrogens (tertiary/aromatic N) is 1. The van der Waals surface area contributed by atoms with Gasteiger partial charge in [-0.1, -0.05) is 12.1 Å². The van der Waals surface area contributed by atoms with Crippen LogP contribution in [0.15, 0.2) is 42.6 Å². The van der Waals surface area contributed by atoms with Crippen molar-refractivity contribution in [1.29, 1.82) is 0 Å². The van der Waals surface area contributed by atoms with Gasteiger partial charge in [0.1, 0.15) is 0 Å². The number of H-pyrrole nitrogens is 1. The molecule has 3 aromatic rings. The van der Waals surface area contributed by atoms with E-state index < -0.39 is 0 Å². The fourth-order valence-corrected chi connectivity index (χ4v) is 2.26. The summed E-state index contributed by atoms with van der Waals surface area (Å²) < 4.78 is 5.39. The topological polar surface area (TPSA) is 70.2 Å². The van der Waals surface area contributed by atoms with Crippen LogP contribution in [0.5, 0.6) is 11.5 Å². The molecule has 0 saturated carbocycles. The molecule has 0 spiro atoms. The van der Waals surface area contributed by atoms with Gasteiger partial charge < -0.3 is 15.2 Å². The predicted octanol–water partition coefficient (Wildman–Crippen LogP) is 3.28. The van der Waals surface area contributed by atoms with Gasteiger partial charge in [0, 0.05) is 17.6 Å². The quantitative estimate of drug-likeness (QED) is 0.672. The largest absolute Gasteiger partial charge is 0.504 e. The number of ether oxygens (including phenoxy) is 1. The molecule has 0 bridgehead atoms. The van der Waals surface area contributed by atoms with Gasteiger partial charge in [0.05, 0.1) is 18.3 Å². The lowest BCUT2D eigenvalue weighted by Gasteiger charge is -2.10. The maximum atomic E-state index is 9.71. The van der Waals surface area contributed by atoms with E-state index in [4.69, 9.17) is 4.74 Å². The summed E-state index contributed by atoms with van der Waals surface area (Å²) in [4.78, 5) is 0. The van der Waals surface area contributed by atoms with Crippen molar-refractivity contribution in [2.45, 2.75) is 13.5 Å². The lowest BCUT2D eigenvalue weighted by atomic mass is 10.1. The molecule has 0 fully saturated rings. The van der Waals surface area contributed by atoms with Crippen molar-refractivity contribution in [2.24, 2.45) is 0 Å². The number of hydrogen-bond donors (Lipinski definition) is 3. The Morgan fingerprint density at radius 2 is 2.19 bits per heavy atom. The van der Waals surface area contributed by atoms with Gasteiger partial charge in [0.25, 0.3) is 0 Å². The number of nitrogens with one attached hydrogen (secondary N) is 2. The number of aromatic amines is 1. The standard InChI is InChI=1S/C16H17N3O2/c1-2-21-16-8-11(6-7-15(16)20)9-17-13-4-3-5-14-12(13)10-18-19-14/h3-8,10,17,20H,2,9H2,1H3,(H,18,19). The molecule has 0 aliphatic rings. The maximum absolute atomic E-state index is 9.71. The van der Waals surface area contributed by atoms with Gasteiger partial charge in [-0.3, -0.25) is 5.10 Å². The minimum absolute atomic E-state index is 0.164. The first-order chi connectivity index (χ1) is 10.3. The highest BCUT2D eigenvalue weighted by Crippen LogP contribution is 2.28. The molecular formula is C16H17N3O2. The molecule has 0 amide bonds. The first-order valence-corrected chi connectivity index (χ1v) is 6.88. The highest BCUT2D eigenvalue weighted by Gasteiger charge is 2.05. The first-order valence-electron chi connectivity index (χ1n) is 6.88. The highest BCUT2D eigenvalue weighted by molar-refractivity contribution is 5.90. The molecule has 0 saturated heterocycles. The summed E-state index contributed by atoms with van der Waals surface area (Å²) in [7, 11) is 0. The van der Waals surface area contributed by atoms with E-state index in [1.807, 2.05) is 37.3 Å². The minimum Gasteiger partial charge on any atom is -0.504 e. The molecule has 108 valence electrons. The van der Waals surface area contributed by atoms with Crippen LogP contribution < -0.4 is 10.1 Å². The summed E-state index contributed by atoms with van der Waals surface area (Å²) in [5.74, 6) is 0.677. The summed E-state index contributed by atoms with van der Waals surface area (Å²) in [6.07, 6.45) is 1.81. The van der Waals surface area contributed by atoms with Crippen molar-refractivity contribution in [2.75, 3.05) is 11.9 Å². The van der Waals surface area contributed by atoms with E-state index >= 15 is 0 Å². The van der Waals surface area contributed by atoms with Crippen LogP contribution in [0, 0.1) is 0 Å². The van der Waals surface area contributed by atoms with Crippen LogP contribution >= 0.6 is 0 Å². The third kappa shape index (κ3) is 2.76. The van der Waals surface area contributed by atoms with Gasteiger partial charge in [-0.25, -0.2) is 0 Å². The molecule has 5 nitrogen and oxygen atoms in total. The lowest BCUT2D eigenvalue weighted by Crippen LogP contribution is -2.00. The highest BCUT2D eigenvalue weighted by atomic mass is 16.5. The summed E-state index contributed by atoms with van der Waals surface area (Å²) in [6, 6.07) is 11.4. The maximum Gasteiger partial charge on any atom is 0.161 e. The first kappa shape index (κ1) is 13.3. The van der Waals surface area contributed by atoms with E-state index in [0.717, 1.165) is 22.2 Å². The fourth-order valence-electron chi connectivity index (χ4n) is 2.26. The average molecular weight is 283 g/mol.